The second kappa shape index (κ2) is 18.2. The van der Waals surface area contributed by atoms with Crippen LogP contribution < -0.4 is 20.3 Å². The van der Waals surface area contributed by atoms with Gasteiger partial charge < -0.3 is 20.3 Å². The summed E-state index contributed by atoms with van der Waals surface area (Å²) in [5.41, 5.74) is 2.98. The molecule has 3 aromatic rings. The fourth-order valence-electron chi connectivity index (χ4n) is 7.88. The number of methoxy groups -OCH3 is 1. The van der Waals surface area contributed by atoms with E-state index in [-0.39, 0.29) is 29.4 Å². The summed E-state index contributed by atoms with van der Waals surface area (Å²) in [6.45, 7) is 5.34. The zero-order valence-electron chi connectivity index (χ0n) is 31.6. The van der Waals surface area contributed by atoms with Crippen LogP contribution in [0.25, 0.3) is 0 Å². The molecule has 2 fully saturated rings. The van der Waals surface area contributed by atoms with Crippen molar-refractivity contribution in [3.8, 4) is 5.75 Å². The molecule has 0 bridgehead atoms. The lowest BCUT2D eigenvalue weighted by molar-refractivity contribution is -0.136. The molecule has 10 nitrogen and oxygen atoms in total. The predicted octanol–water partition coefficient (Wildman–Crippen LogP) is 5.94. The van der Waals surface area contributed by atoms with Gasteiger partial charge in [-0.15, -0.1) is 0 Å². The maximum Gasteiger partial charge on any atom is 0.251 e. The van der Waals surface area contributed by atoms with Crippen LogP contribution in [0.3, 0.4) is 0 Å². The second-order valence-electron chi connectivity index (χ2n) is 14.6. The number of carbonyl (C=O) groups excluding carboxylic acids is 5. The van der Waals surface area contributed by atoms with E-state index in [4.69, 9.17) is 4.74 Å². The summed E-state index contributed by atoms with van der Waals surface area (Å²) in [4.78, 5) is 70.0. The van der Waals surface area contributed by atoms with E-state index in [0.717, 1.165) is 48.1 Å². The number of hydrogen-bond acceptors (Lipinski definition) is 6. The normalized spacial score (nSPS) is 18.5. The van der Waals surface area contributed by atoms with Gasteiger partial charge in [0.25, 0.3) is 5.91 Å². The standard InChI is InChI=1S/C43H54N4O6/c1-5-11-40(50)47-38(29-34-16-21-36(53-4)22-17-34)41(51)46(39(47)23-18-32-12-7-6-8-13-32)35-19-14-33(15-20-35)28-37(30(2)48)45-42(52)43(24-9-10-25-43)26-27-44-31(3)49/h6-8,12-17,19-22,37-39H,5,9-11,18,23-29H2,1-4H3,(H,44,49)(H,45,52). The minimum atomic E-state index is -0.713. The first kappa shape index (κ1) is 39.2. The SMILES string of the molecule is CCCC(=O)N1C(Cc2ccc(OC)cc2)C(=O)N(c2ccc(CC(NC(=O)C3(CCNC(C)=O)CCCC3)C(C)=O)cc2)C1CCc1ccccc1. The summed E-state index contributed by atoms with van der Waals surface area (Å²) in [5.74, 6) is 0.134. The number of nitrogens with one attached hydrogen (secondary N) is 2. The average Bonchev–Trinajstić information content (AvgIpc) is 3.74. The summed E-state index contributed by atoms with van der Waals surface area (Å²) < 4.78 is 5.34. The van der Waals surface area contributed by atoms with Crippen LogP contribution in [-0.2, 0) is 43.2 Å². The van der Waals surface area contributed by atoms with Crippen LogP contribution in [0.15, 0.2) is 78.9 Å². The fraction of sp³-hybridized carbons (Fsp3) is 0.465. The van der Waals surface area contributed by atoms with Crippen LogP contribution in [0, 0.1) is 5.41 Å². The maximum atomic E-state index is 14.5. The third-order valence-electron chi connectivity index (χ3n) is 10.8. The van der Waals surface area contributed by atoms with E-state index in [9.17, 15) is 24.0 Å². The monoisotopic (exact) mass is 722 g/mol. The minimum Gasteiger partial charge on any atom is -0.497 e. The van der Waals surface area contributed by atoms with Gasteiger partial charge in [0.05, 0.1) is 18.6 Å². The molecule has 1 aliphatic carbocycles. The van der Waals surface area contributed by atoms with E-state index in [1.807, 2.05) is 73.7 Å². The van der Waals surface area contributed by atoms with Gasteiger partial charge in [-0.05, 0) is 92.8 Å². The van der Waals surface area contributed by atoms with Gasteiger partial charge in [0.15, 0.2) is 5.78 Å². The number of hydrogen-bond donors (Lipinski definition) is 2. The van der Waals surface area contributed by atoms with Gasteiger partial charge in [-0.1, -0.05) is 74.4 Å². The Kier molecular flexibility index (Phi) is 13.4. The summed E-state index contributed by atoms with van der Waals surface area (Å²) in [6.07, 6.45) is 6.30. The number of nitrogens with zero attached hydrogens (tertiary/aromatic N) is 2. The van der Waals surface area contributed by atoms with Crippen molar-refractivity contribution in [2.45, 2.75) is 110 Å². The summed E-state index contributed by atoms with van der Waals surface area (Å²) in [6, 6.07) is 23.9. The molecule has 3 atom stereocenters. The van der Waals surface area contributed by atoms with Crippen molar-refractivity contribution in [2.75, 3.05) is 18.6 Å². The third-order valence-corrected chi connectivity index (χ3v) is 10.8. The predicted molar refractivity (Wildman–Crippen MR) is 205 cm³/mol. The number of anilines is 1. The van der Waals surface area contributed by atoms with Gasteiger partial charge in [-0.3, -0.25) is 28.9 Å². The van der Waals surface area contributed by atoms with Gasteiger partial charge in [-0.25, -0.2) is 0 Å². The molecule has 2 aliphatic rings. The number of carbonyl (C=O) groups is 5. The smallest absolute Gasteiger partial charge is 0.251 e. The van der Waals surface area contributed by atoms with E-state index in [0.29, 0.717) is 57.2 Å². The number of ketones is 1. The molecule has 0 spiro atoms. The zero-order chi connectivity index (χ0) is 38.0. The quantitative estimate of drug-likeness (QED) is 0.178. The van der Waals surface area contributed by atoms with Gasteiger partial charge in [-0.2, -0.15) is 0 Å². The lowest BCUT2D eigenvalue weighted by Crippen LogP contribution is -2.49. The number of benzene rings is 3. The molecule has 0 aromatic heterocycles. The van der Waals surface area contributed by atoms with Gasteiger partial charge in [0.1, 0.15) is 18.0 Å². The first-order valence-corrected chi connectivity index (χ1v) is 19.0. The minimum absolute atomic E-state index is 0.0475. The second-order valence-corrected chi connectivity index (χ2v) is 14.6. The molecule has 282 valence electrons. The van der Waals surface area contributed by atoms with Crippen LogP contribution in [0.2, 0.25) is 0 Å². The molecule has 0 radical (unpaired) electrons. The number of aryl methyl sites for hydroxylation is 1. The Balaban J connectivity index is 1.39. The first-order valence-electron chi connectivity index (χ1n) is 19.0. The topological polar surface area (TPSA) is 125 Å². The van der Waals surface area contributed by atoms with Crippen molar-refractivity contribution in [3.63, 3.8) is 0 Å². The first-order chi connectivity index (χ1) is 25.5. The molecule has 3 aromatic carbocycles. The van der Waals surface area contributed by atoms with Crippen LogP contribution in [-0.4, -0.2) is 66.2 Å². The van der Waals surface area contributed by atoms with Crippen molar-refractivity contribution in [3.05, 3.63) is 95.6 Å². The Morgan fingerprint density at radius 2 is 1.55 bits per heavy atom. The average molecular weight is 723 g/mol. The number of amides is 4. The van der Waals surface area contributed by atoms with Gasteiger partial charge in [0, 0.05) is 32.0 Å². The summed E-state index contributed by atoms with van der Waals surface area (Å²) >= 11 is 0. The molecular weight excluding hydrogens is 668 g/mol. The van der Waals surface area contributed by atoms with Gasteiger partial charge >= 0.3 is 0 Å². The van der Waals surface area contributed by atoms with Crippen molar-refractivity contribution in [1.82, 2.24) is 15.5 Å². The van der Waals surface area contributed by atoms with Crippen molar-refractivity contribution < 1.29 is 28.7 Å². The molecule has 1 saturated carbocycles. The highest BCUT2D eigenvalue weighted by Gasteiger charge is 2.48. The summed E-state index contributed by atoms with van der Waals surface area (Å²) in [5, 5.41) is 5.86. The van der Waals surface area contributed by atoms with Crippen LogP contribution in [0.1, 0.15) is 88.8 Å². The van der Waals surface area contributed by atoms with E-state index in [1.165, 1.54) is 13.8 Å². The Hall–Kier alpha value is -4.99. The van der Waals surface area contributed by atoms with Crippen molar-refractivity contribution >= 4 is 35.1 Å². The Bertz CT molecular complexity index is 1720. The van der Waals surface area contributed by atoms with Crippen LogP contribution >= 0.6 is 0 Å². The molecule has 1 saturated heterocycles. The Morgan fingerprint density at radius 1 is 0.887 bits per heavy atom. The van der Waals surface area contributed by atoms with Gasteiger partial charge in [0.2, 0.25) is 17.7 Å². The molecule has 2 N–H and O–H groups in total. The Morgan fingerprint density at radius 3 is 2.15 bits per heavy atom. The molecule has 10 heteroatoms. The third kappa shape index (κ3) is 9.72. The van der Waals surface area contributed by atoms with E-state index in [2.05, 4.69) is 22.8 Å². The largest absolute Gasteiger partial charge is 0.497 e. The van der Waals surface area contributed by atoms with Crippen LogP contribution in [0.4, 0.5) is 5.69 Å². The highest BCUT2D eigenvalue weighted by Crippen LogP contribution is 2.41. The van der Waals surface area contributed by atoms with Crippen LogP contribution in [0.5, 0.6) is 5.75 Å². The molecule has 4 amide bonds. The number of ether oxygens (including phenoxy) is 1. The Labute approximate surface area is 313 Å². The molecular formula is C43H54N4O6. The lowest BCUT2D eigenvalue weighted by atomic mass is 9.81. The zero-order valence-corrected chi connectivity index (χ0v) is 31.6. The molecule has 5 rings (SSSR count). The molecule has 53 heavy (non-hydrogen) atoms. The van der Waals surface area contributed by atoms with Crippen molar-refractivity contribution in [1.29, 1.82) is 0 Å². The number of Topliss-reactive ketones (excluding diaryl/α,β-unsaturated/α-hetero) is 1. The molecule has 1 heterocycles. The molecule has 1 aliphatic heterocycles. The van der Waals surface area contributed by atoms with E-state index in [1.54, 1.807) is 16.9 Å². The van der Waals surface area contributed by atoms with Crippen molar-refractivity contribution in [2.24, 2.45) is 5.41 Å². The van der Waals surface area contributed by atoms with E-state index >= 15 is 0 Å². The lowest BCUT2D eigenvalue weighted by Gasteiger charge is -2.32. The highest BCUT2D eigenvalue weighted by atomic mass is 16.5. The highest BCUT2D eigenvalue weighted by molar-refractivity contribution is 6.03. The number of rotatable bonds is 17. The maximum absolute atomic E-state index is 14.5. The fourth-order valence-corrected chi connectivity index (χ4v) is 7.88. The summed E-state index contributed by atoms with van der Waals surface area (Å²) in [7, 11) is 1.61. The molecule has 3 unspecified atom stereocenters. The van der Waals surface area contributed by atoms with E-state index < -0.39 is 23.7 Å².